The lowest BCUT2D eigenvalue weighted by Gasteiger charge is -2.22. The number of amides is 1. The van der Waals surface area contributed by atoms with Crippen molar-refractivity contribution in [2.75, 3.05) is 23.3 Å². The van der Waals surface area contributed by atoms with E-state index < -0.39 is 21.2 Å². The van der Waals surface area contributed by atoms with Gasteiger partial charge in [0.15, 0.2) is 5.69 Å². The molecule has 2 aromatic rings. The molecule has 11 nitrogen and oxygen atoms in total. The monoisotopic (exact) mass is 526 g/mol. The highest BCUT2D eigenvalue weighted by molar-refractivity contribution is 14.1. The summed E-state index contributed by atoms with van der Waals surface area (Å²) >= 11 is 1.73. The van der Waals surface area contributed by atoms with Gasteiger partial charge in [0, 0.05) is 31.8 Å². The normalized spacial score (nSPS) is 10.8. The fourth-order valence-corrected chi connectivity index (χ4v) is 3.41. The Morgan fingerprint density at radius 1 is 1.10 bits per heavy atom. The van der Waals surface area contributed by atoms with Gasteiger partial charge >= 0.3 is 5.69 Å². The number of non-ortho nitro benzene ring substituents is 1. The Bertz CT molecular complexity index is 1020. The lowest BCUT2D eigenvalue weighted by Crippen LogP contribution is -2.21. The predicted molar refractivity (Wildman–Crippen MR) is 121 cm³/mol. The minimum atomic E-state index is -0.748. The summed E-state index contributed by atoms with van der Waals surface area (Å²) in [6.07, 6.45) is 0. The van der Waals surface area contributed by atoms with Gasteiger partial charge in [0.2, 0.25) is 5.91 Å². The molecule has 30 heavy (non-hydrogen) atoms. The third-order valence-electron chi connectivity index (χ3n) is 4.11. The Morgan fingerprint density at radius 2 is 1.77 bits per heavy atom. The SMILES string of the molecule is CCN(CC)c1ccc(N=Nc2c(I)cc([N+](=O)[O-])cc2[N+](=O)[O-])c(NC(C)=O)c1. The van der Waals surface area contributed by atoms with Crippen molar-refractivity contribution in [3.05, 3.63) is 54.1 Å². The zero-order valence-electron chi connectivity index (χ0n) is 16.5. The summed E-state index contributed by atoms with van der Waals surface area (Å²) in [5.41, 5.74) is 0.525. The standard InChI is InChI=1S/C18H19IN6O5/c1-4-23(5-2)12-6-7-15(16(9-12)20-11(3)26)21-22-18-14(19)8-13(24(27)28)10-17(18)25(29)30/h6-10H,4-5H2,1-3H3,(H,20,26). The van der Waals surface area contributed by atoms with E-state index in [1.165, 1.54) is 13.0 Å². The first-order valence-corrected chi connectivity index (χ1v) is 9.96. The summed E-state index contributed by atoms with van der Waals surface area (Å²) in [6, 6.07) is 7.22. The van der Waals surface area contributed by atoms with E-state index in [0.717, 1.165) is 24.8 Å². The van der Waals surface area contributed by atoms with Gasteiger partial charge in [0.25, 0.3) is 5.69 Å². The van der Waals surface area contributed by atoms with Crippen LogP contribution in [-0.2, 0) is 4.79 Å². The molecule has 0 aromatic heterocycles. The average molecular weight is 526 g/mol. The van der Waals surface area contributed by atoms with Gasteiger partial charge in [-0.05, 0) is 54.6 Å². The molecule has 0 spiro atoms. The van der Waals surface area contributed by atoms with Crippen molar-refractivity contribution in [2.24, 2.45) is 10.2 Å². The number of nitro benzene ring substituents is 2. The topological polar surface area (TPSA) is 143 Å². The lowest BCUT2D eigenvalue weighted by atomic mass is 10.2. The number of azo groups is 1. The van der Waals surface area contributed by atoms with Crippen LogP contribution in [-0.4, -0.2) is 28.8 Å². The number of benzene rings is 2. The number of nitrogens with one attached hydrogen (secondary N) is 1. The third kappa shape index (κ3) is 5.46. The summed E-state index contributed by atoms with van der Waals surface area (Å²) in [5, 5.41) is 33.1. The Balaban J connectivity index is 2.54. The van der Waals surface area contributed by atoms with Crippen LogP contribution in [0.4, 0.5) is 34.1 Å². The second kappa shape index (κ2) is 10.0. The highest BCUT2D eigenvalue weighted by atomic mass is 127. The molecule has 0 heterocycles. The van der Waals surface area contributed by atoms with Crippen molar-refractivity contribution < 1.29 is 14.6 Å². The second-order valence-corrected chi connectivity index (χ2v) is 7.23. The van der Waals surface area contributed by atoms with Gasteiger partial charge in [-0.25, -0.2) is 0 Å². The Labute approximate surface area is 185 Å². The van der Waals surface area contributed by atoms with Gasteiger partial charge in [0.05, 0.1) is 25.2 Å². The smallest absolute Gasteiger partial charge is 0.304 e. The minimum Gasteiger partial charge on any atom is -0.372 e. The highest BCUT2D eigenvalue weighted by Crippen LogP contribution is 2.38. The number of hydrogen-bond donors (Lipinski definition) is 1. The maximum atomic E-state index is 11.6. The number of nitro groups is 2. The van der Waals surface area contributed by atoms with E-state index in [2.05, 4.69) is 20.4 Å². The molecule has 0 saturated heterocycles. The molecule has 0 bridgehead atoms. The molecule has 0 aliphatic heterocycles. The van der Waals surface area contributed by atoms with Gasteiger partial charge in [0.1, 0.15) is 5.69 Å². The highest BCUT2D eigenvalue weighted by Gasteiger charge is 2.23. The number of carbonyl (C=O) groups is 1. The number of nitrogens with zero attached hydrogens (tertiary/aromatic N) is 5. The maximum Gasteiger partial charge on any atom is 0.304 e. The van der Waals surface area contributed by atoms with E-state index in [0.29, 0.717) is 11.4 Å². The molecule has 2 rings (SSSR count). The molecule has 1 amide bonds. The third-order valence-corrected chi connectivity index (χ3v) is 4.94. The Hall–Kier alpha value is -3.16. The van der Waals surface area contributed by atoms with Crippen LogP contribution in [0.3, 0.4) is 0 Å². The van der Waals surface area contributed by atoms with Crippen LogP contribution >= 0.6 is 22.6 Å². The number of hydrogen-bond acceptors (Lipinski definition) is 8. The number of rotatable bonds is 8. The number of halogens is 1. The Morgan fingerprint density at radius 3 is 2.30 bits per heavy atom. The molecule has 0 aliphatic rings. The summed E-state index contributed by atoms with van der Waals surface area (Å²) in [7, 11) is 0. The molecule has 0 saturated carbocycles. The molecular weight excluding hydrogens is 507 g/mol. The van der Waals surface area contributed by atoms with Crippen LogP contribution in [0.15, 0.2) is 40.6 Å². The van der Waals surface area contributed by atoms with Crippen molar-refractivity contribution in [1.82, 2.24) is 0 Å². The fraction of sp³-hybridized carbons (Fsp3) is 0.278. The lowest BCUT2D eigenvalue weighted by molar-refractivity contribution is -0.393. The van der Waals surface area contributed by atoms with Crippen LogP contribution in [0, 0.1) is 23.8 Å². The van der Waals surface area contributed by atoms with Gasteiger partial charge in [-0.1, -0.05) is 0 Å². The minimum absolute atomic E-state index is 0.104. The first-order valence-electron chi connectivity index (χ1n) is 8.88. The summed E-state index contributed by atoms with van der Waals surface area (Å²) in [4.78, 5) is 34.6. The van der Waals surface area contributed by atoms with Crippen molar-refractivity contribution >= 4 is 62.6 Å². The first-order chi connectivity index (χ1) is 14.2. The first kappa shape index (κ1) is 23.1. The van der Waals surface area contributed by atoms with Crippen LogP contribution in [0.25, 0.3) is 0 Å². The van der Waals surface area contributed by atoms with Crippen molar-refractivity contribution in [2.45, 2.75) is 20.8 Å². The zero-order valence-corrected chi connectivity index (χ0v) is 18.6. The quantitative estimate of drug-likeness (QED) is 0.213. The zero-order chi connectivity index (χ0) is 22.4. The van der Waals surface area contributed by atoms with Crippen molar-refractivity contribution in [1.29, 1.82) is 0 Å². The molecular formula is C18H19IN6O5. The summed E-state index contributed by atoms with van der Waals surface area (Å²) in [6.45, 7) is 6.90. The summed E-state index contributed by atoms with van der Waals surface area (Å²) in [5.74, 6) is -0.306. The second-order valence-electron chi connectivity index (χ2n) is 6.06. The van der Waals surface area contributed by atoms with Gasteiger partial charge < -0.3 is 10.2 Å². The predicted octanol–water partition coefficient (Wildman–Crippen LogP) is 5.33. The molecule has 0 atom stereocenters. The van der Waals surface area contributed by atoms with Crippen molar-refractivity contribution in [3.63, 3.8) is 0 Å². The molecule has 2 aromatic carbocycles. The largest absolute Gasteiger partial charge is 0.372 e. The van der Waals surface area contributed by atoms with Gasteiger partial charge in [-0.15, -0.1) is 10.2 Å². The van der Waals surface area contributed by atoms with Crippen LogP contribution in [0.2, 0.25) is 0 Å². The van der Waals surface area contributed by atoms with Crippen LogP contribution in [0.5, 0.6) is 0 Å². The number of carbonyl (C=O) groups excluding carboxylic acids is 1. The van der Waals surface area contributed by atoms with E-state index >= 15 is 0 Å². The maximum absolute atomic E-state index is 11.6. The van der Waals surface area contributed by atoms with Crippen molar-refractivity contribution in [3.8, 4) is 0 Å². The molecule has 158 valence electrons. The van der Waals surface area contributed by atoms with E-state index in [4.69, 9.17) is 0 Å². The Kier molecular flexibility index (Phi) is 7.74. The molecule has 12 heteroatoms. The van der Waals surface area contributed by atoms with Crippen LogP contribution < -0.4 is 10.2 Å². The van der Waals surface area contributed by atoms with E-state index in [9.17, 15) is 25.0 Å². The van der Waals surface area contributed by atoms with E-state index in [1.807, 2.05) is 19.9 Å². The molecule has 0 fully saturated rings. The van der Waals surface area contributed by atoms with E-state index in [1.54, 1.807) is 34.7 Å². The molecule has 1 N–H and O–H groups in total. The molecule has 0 unspecified atom stereocenters. The average Bonchev–Trinajstić information content (AvgIpc) is 2.67. The van der Waals surface area contributed by atoms with Gasteiger partial charge in [-0.3, -0.25) is 25.0 Å². The van der Waals surface area contributed by atoms with Crippen LogP contribution in [0.1, 0.15) is 20.8 Å². The van der Waals surface area contributed by atoms with Gasteiger partial charge in [-0.2, -0.15) is 0 Å². The molecule has 0 aliphatic carbocycles. The fourth-order valence-electron chi connectivity index (χ4n) is 2.70. The number of anilines is 2. The van der Waals surface area contributed by atoms with E-state index in [-0.39, 0.29) is 15.2 Å². The molecule has 0 radical (unpaired) electrons. The summed E-state index contributed by atoms with van der Waals surface area (Å²) < 4.78 is 0.207.